The maximum atomic E-state index is 13.4. The molecule has 8 nitrogen and oxygen atoms in total. The van der Waals surface area contributed by atoms with E-state index < -0.39 is 14.2 Å². The maximum Gasteiger partial charge on any atom is 0.262 e. The predicted octanol–water partition coefficient (Wildman–Crippen LogP) is 7.94. The second kappa shape index (κ2) is 12.6. The third kappa shape index (κ3) is 7.07. The van der Waals surface area contributed by atoms with Crippen molar-refractivity contribution in [2.24, 2.45) is 0 Å². The molecule has 2 N–H and O–H groups in total. The van der Waals surface area contributed by atoms with E-state index in [-0.39, 0.29) is 16.5 Å². The van der Waals surface area contributed by atoms with Gasteiger partial charge in [0.05, 0.1) is 17.8 Å². The Morgan fingerprint density at radius 2 is 1.81 bits per heavy atom. The highest BCUT2D eigenvalue weighted by molar-refractivity contribution is 6.74. The first-order chi connectivity index (χ1) is 19.7. The number of carbonyl (C=O) groups is 1. The molecular weight excluding hydrogens is 566 g/mol. The van der Waals surface area contributed by atoms with Gasteiger partial charge in [0.15, 0.2) is 0 Å². The number of amides is 1. The third-order valence-corrected chi connectivity index (χ3v) is 13.3. The van der Waals surface area contributed by atoms with Crippen molar-refractivity contribution < 1.29 is 14.0 Å². The smallest absolute Gasteiger partial charge is 0.262 e. The molecule has 1 amide bonds. The number of hydrogen-bond donors (Lipinski definition) is 2. The molecule has 1 aliphatic heterocycles. The number of carbonyl (C=O) groups excluding carboxylic acids is 1. The number of nitrogens with zero attached hydrogens (tertiary/aromatic N) is 3. The Labute approximate surface area is 256 Å². The van der Waals surface area contributed by atoms with Crippen LogP contribution in [0.25, 0.3) is 0 Å². The van der Waals surface area contributed by atoms with Crippen LogP contribution in [0.4, 0.5) is 17.3 Å². The second-order valence-corrected chi connectivity index (χ2v) is 17.9. The Hall–Kier alpha value is -3.14. The van der Waals surface area contributed by atoms with E-state index in [1.807, 2.05) is 13.0 Å². The number of nitrogens with one attached hydrogen (secondary N) is 2. The molecule has 226 valence electrons. The van der Waals surface area contributed by atoms with Crippen molar-refractivity contribution in [3.05, 3.63) is 63.8 Å². The molecule has 2 heterocycles. The molecule has 1 saturated heterocycles. The molecule has 10 heteroatoms. The number of rotatable bonds is 8. The van der Waals surface area contributed by atoms with Gasteiger partial charge in [0, 0.05) is 17.4 Å². The number of hydrogen-bond acceptors (Lipinski definition) is 7. The highest BCUT2D eigenvalue weighted by atomic mass is 35.5. The molecule has 1 aliphatic rings. The molecule has 2 aromatic carbocycles. The van der Waals surface area contributed by atoms with Crippen LogP contribution in [0.1, 0.15) is 66.6 Å². The minimum absolute atomic E-state index is 0.0242. The van der Waals surface area contributed by atoms with Gasteiger partial charge in [-0.2, -0.15) is 4.98 Å². The lowest BCUT2D eigenvalue weighted by molar-refractivity contribution is 0.102. The lowest BCUT2D eigenvalue weighted by Gasteiger charge is -2.37. The molecule has 0 unspecified atom stereocenters. The summed E-state index contributed by atoms with van der Waals surface area (Å²) in [6.45, 7) is 17.2. The summed E-state index contributed by atoms with van der Waals surface area (Å²) in [5.41, 5.74) is 4.96. The minimum atomic E-state index is -2.10. The molecule has 0 saturated carbocycles. The number of anilines is 3. The number of aromatic nitrogens is 2. The number of ether oxygens (including phenoxy) is 1. The largest absolute Gasteiger partial charge is 0.543 e. The van der Waals surface area contributed by atoms with Crippen LogP contribution in [-0.4, -0.2) is 56.3 Å². The van der Waals surface area contributed by atoms with Gasteiger partial charge in [-0.1, -0.05) is 38.4 Å². The van der Waals surface area contributed by atoms with E-state index in [0.717, 1.165) is 24.3 Å². The van der Waals surface area contributed by atoms with Crippen LogP contribution in [-0.2, 0) is 0 Å². The maximum absolute atomic E-state index is 13.4. The molecular formula is C32H44ClN5O3Si. The molecule has 42 heavy (non-hydrogen) atoms. The number of aryl methyl sites for hydroxylation is 1. The van der Waals surface area contributed by atoms with E-state index in [0.29, 0.717) is 28.3 Å². The van der Waals surface area contributed by atoms with Gasteiger partial charge in [0.1, 0.15) is 11.3 Å². The van der Waals surface area contributed by atoms with Gasteiger partial charge in [-0.15, -0.1) is 0 Å². The summed E-state index contributed by atoms with van der Waals surface area (Å²) < 4.78 is 12.0. The van der Waals surface area contributed by atoms with Crippen molar-refractivity contribution in [2.75, 3.05) is 37.9 Å². The summed E-state index contributed by atoms with van der Waals surface area (Å²) in [4.78, 5) is 24.7. The fraction of sp³-hybridized carbons (Fsp3) is 0.469. The Morgan fingerprint density at radius 3 is 2.43 bits per heavy atom. The first-order valence-corrected chi connectivity index (χ1v) is 17.8. The zero-order valence-corrected chi connectivity index (χ0v) is 28.1. The summed E-state index contributed by atoms with van der Waals surface area (Å²) in [6, 6.07) is 9.98. The Balaban J connectivity index is 1.51. The summed E-state index contributed by atoms with van der Waals surface area (Å²) in [5, 5.41) is 6.63. The van der Waals surface area contributed by atoms with Gasteiger partial charge in [0.2, 0.25) is 20.1 Å². The van der Waals surface area contributed by atoms with Gasteiger partial charge >= 0.3 is 0 Å². The molecule has 0 atom stereocenters. The molecule has 0 radical (unpaired) electrons. The highest BCUT2D eigenvalue weighted by Gasteiger charge is 2.39. The Bertz CT molecular complexity index is 1450. The quantitative estimate of drug-likeness (QED) is 0.251. The van der Waals surface area contributed by atoms with Gasteiger partial charge in [0.25, 0.3) is 5.91 Å². The van der Waals surface area contributed by atoms with Gasteiger partial charge in [-0.05, 0) is 106 Å². The number of likely N-dealkylation sites (tertiary alicyclic amines) is 1. The van der Waals surface area contributed by atoms with Crippen LogP contribution in [0.15, 0.2) is 36.5 Å². The molecule has 1 fully saturated rings. The molecule has 0 spiro atoms. The standard InChI is InChI=1S/C32H44ClN5O3Si/c1-20-18-23(10-11-24(20)22-14-16-38(6)17-15-22)35-31-34-19-25(30(37-31)40-7)29(39)36-28-21(2)27(13-12-26(28)33)41-42(8,9)32(3,4)5/h10-13,18-19,22H,14-17H2,1-9H3,(H,36,39)(H,34,35,37). The first-order valence-electron chi connectivity index (χ1n) is 14.5. The Morgan fingerprint density at radius 1 is 1.12 bits per heavy atom. The van der Waals surface area contributed by atoms with E-state index in [1.54, 1.807) is 6.07 Å². The van der Waals surface area contributed by atoms with Crippen molar-refractivity contribution in [2.45, 2.75) is 71.5 Å². The Kier molecular flexibility index (Phi) is 9.54. The predicted molar refractivity (Wildman–Crippen MR) is 174 cm³/mol. The second-order valence-electron chi connectivity index (χ2n) is 12.8. The van der Waals surface area contributed by atoms with Gasteiger partial charge < -0.3 is 24.7 Å². The number of methoxy groups -OCH3 is 1. The molecule has 0 bridgehead atoms. The van der Waals surface area contributed by atoms with Crippen LogP contribution in [0, 0.1) is 13.8 Å². The zero-order valence-electron chi connectivity index (χ0n) is 26.3. The van der Waals surface area contributed by atoms with Crippen LogP contribution in [0.3, 0.4) is 0 Å². The summed E-state index contributed by atoms with van der Waals surface area (Å²) in [7, 11) is 1.56. The van der Waals surface area contributed by atoms with Crippen LogP contribution in [0.5, 0.6) is 11.6 Å². The van der Waals surface area contributed by atoms with E-state index in [1.165, 1.54) is 37.3 Å². The lowest BCUT2D eigenvalue weighted by Crippen LogP contribution is -2.44. The van der Waals surface area contributed by atoms with Gasteiger partial charge in [-0.3, -0.25) is 4.79 Å². The average Bonchev–Trinajstić information content (AvgIpc) is 2.92. The van der Waals surface area contributed by atoms with E-state index in [9.17, 15) is 4.79 Å². The zero-order chi connectivity index (χ0) is 30.8. The summed E-state index contributed by atoms with van der Waals surface area (Å²) in [5.74, 6) is 1.37. The highest BCUT2D eigenvalue weighted by Crippen LogP contribution is 2.41. The lowest BCUT2D eigenvalue weighted by atomic mass is 9.87. The van der Waals surface area contributed by atoms with Crippen molar-refractivity contribution in [3.63, 3.8) is 0 Å². The molecule has 3 aromatic rings. The SMILES string of the molecule is COc1nc(Nc2ccc(C3CCN(C)CC3)c(C)c2)ncc1C(=O)Nc1c(Cl)ccc(O[Si](C)(C)C(C)(C)C)c1C. The van der Waals surface area contributed by atoms with Crippen LogP contribution >= 0.6 is 11.6 Å². The number of benzene rings is 2. The fourth-order valence-corrected chi connectivity index (χ4v) is 6.26. The normalized spacial score (nSPS) is 14.9. The fourth-order valence-electron chi connectivity index (χ4n) is 4.93. The summed E-state index contributed by atoms with van der Waals surface area (Å²) >= 11 is 6.53. The molecule has 4 rings (SSSR count). The van der Waals surface area contributed by atoms with Crippen LogP contribution in [0.2, 0.25) is 23.2 Å². The minimum Gasteiger partial charge on any atom is -0.543 e. The van der Waals surface area contributed by atoms with E-state index >= 15 is 0 Å². The third-order valence-electron chi connectivity index (χ3n) is 8.65. The summed E-state index contributed by atoms with van der Waals surface area (Å²) in [6.07, 6.45) is 3.81. The molecule has 1 aromatic heterocycles. The van der Waals surface area contributed by atoms with Crippen molar-refractivity contribution in [1.29, 1.82) is 0 Å². The first kappa shape index (κ1) is 31.8. The molecule has 0 aliphatic carbocycles. The van der Waals surface area contributed by atoms with Crippen molar-refractivity contribution in [1.82, 2.24) is 14.9 Å². The van der Waals surface area contributed by atoms with E-state index in [2.05, 4.69) is 91.5 Å². The van der Waals surface area contributed by atoms with Crippen molar-refractivity contribution >= 4 is 43.1 Å². The van der Waals surface area contributed by atoms with Crippen LogP contribution < -0.4 is 19.8 Å². The average molecular weight is 610 g/mol. The van der Waals surface area contributed by atoms with E-state index in [4.69, 9.17) is 20.8 Å². The number of piperidine rings is 1. The monoisotopic (exact) mass is 609 g/mol. The topological polar surface area (TPSA) is 88.6 Å². The van der Waals surface area contributed by atoms with Gasteiger partial charge in [-0.25, -0.2) is 4.98 Å². The number of halogens is 1. The van der Waals surface area contributed by atoms with Crippen molar-refractivity contribution in [3.8, 4) is 11.6 Å².